The van der Waals surface area contributed by atoms with Crippen LogP contribution in [0.5, 0.6) is 0 Å². The molecule has 0 aromatic carbocycles. The van der Waals surface area contributed by atoms with Crippen molar-refractivity contribution in [1.82, 2.24) is 0 Å². The molecule has 0 aromatic rings. The van der Waals surface area contributed by atoms with Gasteiger partial charge >= 0.3 is 0 Å². The lowest BCUT2D eigenvalue weighted by atomic mass is 10.1. The molecule has 0 aliphatic carbocycles. The quantitative estimate of drug-likeness (QED) is 0.448. The summed E-state index contributed by atoms with van der Waals surface area (Å²) in [5.74, 6) is -0.00629. The van der Waals surface area contributed by atoms with Crippen molar-refractivity contribution in [1.29, 1.82) is 0 Å². The molecule has 0 unspecified atom stereocenters. The third kappa shape index (κ3) is 8.99. The van der Waals surface area contributed by atoms with Crippen molar-refractivity contribution < 1.29 is 9.59 Å². The van der Waals surface area contributed by atoms with E-state index in [1.54, 1.807) is 0 Å². The summed E-state index contributed by atoms with van der Waals surface area (Å²) in [6.45, 7) is 3.58. The largest absolute Gasteiger partial charge is 0.295 e. The minimum atomic E-state index is -0.0677. The van der Waals surface area contributed by atoms with Gasteiger partial charge in [0.1, 0.15) is 0 Å². The molecule has 74 valence electrons. The van der Waals surface area contributed by atoms with Crippen LogP contribution in [0.15, 0.2) is 12.2 Å². The Hall–Kier alpha value is -0.920. The van der Waals surface area contributed by atoms with Gasteiger partial charge in [0, 0.05) is 6.42 Å². The fourth-order valence-electron chi connectivity index (χ4n) is 1.02. The van der Waals surface area contributed by atoms with Gasteiger partial charge in [-0.3, -0.25) is 9.59 Å². The Morgan fingerprint density at radius 1 is 1.08 bits per heavy atom. The summed E-state index contributed by atoms with van der Waals surface area (Å²) in [4.78, 5) is 21.6. The van der Waals surface area contributed by atoms with Crippen LogP contribution in [0.3, 0.4) is 0 Å². The van der Waals surface area contributed by atoms with E-state index in [1.807, 2.05) is 0 Å². The SMILES string of the molecule is CCCCCCC(=O)C=CC(C)=O. The molecule has 2 heteroatoms. The van der Waals surface area contributed by atoms with Crippen LogP contribution in [0.4, 0.5) is 0 Å². The summed E-state index contributed by atoms with van der Waals surface area (Å²) in [7, 11) is 0. The van der Waals surface area contributed by atoms with Crippen LogP contribution in [0, 0.1) is 0 Å². The second kappa shape index (κ2) is 7.71. The van der Waals surface area contributed by atoms with Gasteiger partial charge in [0.15, 0.2) is 11.6 Å². The van der Waals surface area contributed by atoms with Crippen molar-refractivity contribution in [2.45, 2.75) is 46.0 Å². The van der Waals surface area contributed by atoms with Gasteiger partial charge in [-0.15, -0.1) is 0 Å². The molecular formula is C11H18O2. The molecule has 0 aliphatic heterocycles. The molecule has 0 aromatic heterocycles. The average Bonchev–Trinajstić information content (AvgIpc) is 2.09. The molecule has 0 heterocycles. The van der Waals surface area contributed by atoms with E-state index in [2.05, 4.69) is 6.92 Å². The Morgan fingerprint density at radius 2 is 1.77 bits per heavy atom. The highest BCUT2D eigenvalue weighted by Gasteiger charge is 1.96. The van der Waals surface area contributed by atoms with E-state index >= 15 is 0 Å². The van der Waals surface area contributed by atoms with Crippen molar-refractivity contribution in [2.24, 2.45) is 0 Å². The van der Waals surface area contributed by atoms with Crippen LogP contribution in [0.2, 0.25) is 0 Å². The van der Waals surface area contributed by atoms with Gasteiger partial charge in [-0.05, 0) is 25.5 Å². The Morgan fingerprint density at radius 3 is 2.31 bits per heavy atom. The van der Waals surface area contributed by atoms with Crippen molar-refractivity contribution in [3.63, 3.8) is 0 Å². The first kappa shape index (κ1) is 12.1. The first-order valence-electron chi connectivity index (χ1n) is 4.88. The van der Waals surface area contributed by atoms with E-state index in [1.165, 1.54) is 31.9 Å². The average molecular weight is 182 g/mol. The van der Waals surface area contributed by atoms with Gasteiger partial charge in [0.25, 0.3) is 0 Å². The molecule has 0 saturated heterocycles. The number of carbonyl (C=O) groups excluding carboxylic acids is 2. The van der Waals surface area contributed by atoms with E-state index in [0.717, 1.165) is 12.8 Å². The maximum absolute atomic E-state index is 11.1. The first-order valence-corrected chi connectivity index (χ1v) is 4.88. The second-order valence-electron chi connectivity index (χ2n) is 3.22. The van der Waals surface area contributed by atoms with Crippen molar-refractivity contribution >= 4 is 11.6 Å². The maximum Gasteiger partial charge on any atom is 0.155 e. The third-order valence-corrected chi connectivity index (χ3v) is 1.78. The van der Waals surface area contributed by atoms with Crippen molar-refractivity contribution in [2.75, 3.05) is 0 Å². The molecule has 13 heavy (non-hydrogen) atoms. The normalized spacial score (nSPS) is 10.6. The molecular weight excluding hydrogens is 164 g/mol. The molecule has 0 radical (unpaired) electrons. The van der Waals surface area contributed by atoms with E-state index in [-0.39, 0.29) is 11.6 Å². The molecule has 2 nitrogen and oxygen atoms in total. The Kier molecular flexibility index (Phi) is 7.17. The summed E-state index contributed by atoms with van der Waals surface area (Å²) < 4.78 is 0. The number of rotatable bonds is 7. The van der Waals surface area contributed by atoms with Crippen LogP contribution in [-0.4, -0.2) is 11.6 Å². The molecule has 0 atom stereocenters. The predicted octanol–water partition coefficient (Wildman–Crippen LogP) is 2.67. The molecule has 0 N–H and O–H groups in total. The van der Waals surface area contributed by atoms with Gasteiger partial charge in [-0.25, -0.2) is 0 Å². The van der Waals surface area contributed by atoms with Crippen LogP contribution in [0.1, 0.15) is 46.0 Å². The van der Waals surface area contributed by atoms with Crippen LogP contribution >= 0.6 is 0 Å². The fourth-order valence-corrected chi connectivity index (χ4v) is 1.02. The summed E-state index contributed by atoms with van der Waals surface area (Å²) in [5.41, 5.74) is 0. The molecule has 0 amide bonds. The lowest BCUT2D eigenvalue weighted by Crippen LogP contribution is -1.93. The maximum atomic E-state index is 11.1. The first-order chi connectivity index (χ1) is 6.16. The Bertz CT molecular complexity index is 192. The van der Waals surface area contributed by atoms with Gasteiger partial charge in [-0.2, -0.15) is 0 Å². The number of allylic oxidation sites excluding steroid dienone is 2. The molecule has 0 spiro atoms. The molecule has 0 rings (SSSR count). The van der Waals surface area contributed by atoms with E-state index in [4.69, 9.17) is 0 Å². The summed E-state index contributed by atoms with van der Waals surface area (Å²) in [5, 5.41) is 0. The number of hydrogen-bond donors (Lipinski definition) is 0. The third-order valence-electron chi connectivity index (χ3n) is 1.78. The zero-order chi connectivity index (χ0) is 10.1. The standard InChI is InChI=1S/C11H18O2/c1-3-4-5-6-7-11(13)9-8-10(2)12/h8-9H,3-7H2,1-2H3. The Labute approximate surface area is 80.0 Å². The summed E-state index contributed by atoms with van der Waals surface area (Å²) >= 11 is 0. The molecule has 0 fully saturated rings. The van der Waals surface area contributed by atoms with Gasteiger partial charge in [-0.1, -0.05) is 26.2 Å². The molecule has 0 aliphatic rings. The molecule has 0 bridgehead atoms. The fraction of sp³-hybridized carbons (Fsp3) is 0.636. The van der Waals surface area contributed by atoms with Crippen LogP contribution in [-0.2, 0) is 9.59 Å². The summed E-state index contributed by atoms with van der Waals surface area (Å²) in [6, 6.07) is 0. The topological polar surface area (TPSA) is 34.1 Å². The smallest absolute Gasteiger partial charge is 0.155 e. The second-order valence-corrected chi connectivity index (χ2v) is 3.22. The van der Waals surface area contributed by atoms with Crippen molar-refractivity contribution in [3.8, 4) is 0 Å². The zero-order valence-corrected chi connectivity index (χ0v) is 8.51. The Balaban J connectivity index is 3.46. The highest BCUT2D eigenvalue weighted by atomic mass is 16.1. The van der Waals surface area contributed by atoms with Gasteiger partial charge in [0.05, 0.1) is 0 Å². The number of ketones is 2. The zero-order valence-electron chi connectivity index (χ0n) is 8.51. The number of hydrogen-bond acceptors (Lipinski definition) is 2. The highest BCUT2D eigenvalue weighted by Crippen LogP contribution is 2.03. The number of carbonyl (C=O) groups is 2. The van der Waals surface area contributed by atoms with E-state index < -0.39 is 0 Å². The minimum absolute atomic E-state index is 0.0614. The van der Waals surface area contributed by atoms with Gasteiger partial charge < -0.3 is 0 Å². The summed E-state index contributed by atoms with van der Waals surface area (Å²) in [6.07, 6.45) is 7.70. The predicted molar refractivity (Wildman–Crippen MR) is 53.6 cm³/mol. The lowest BCUT2D eigenvalue weighted by molar-refractivity contribution is -0.116. The number of unbranched alkanes of at least 4 members (excludes halogenated alkanes) is 3. The van der Waals surface area contributed by atoms with Crippen LogP contribution in [0.25, 0.3) is 0 Å². The minimum Gasteiger partial charge on any atom is -0.295 e. The van der Waals surface area contributed by atoms with Gasteiger partial charge in [0.2, 0.25) is 0 Å². The van der Waals surface area contributed by atoms with Crippen LogP contribution < -0.4 is 0 Å². The van der Waals surface area contributed by atoms with E-state index in [0.29, 0.717) is 6.42 Å². The monoisotopic (exact) mass is 182 g/mol. The van der Waals surface area contributed by atoms with Crippen molar-refractivity contribution in [3.05, 3.63) is 12.2 Å². The molecule has 0 saturated carbocycles. The lowest BCUT2D eigenvalue weighted by Gasteiger charge is -1.95. The van der Waals surface area contributed by atoms with E-state index in [9.17, 15) is 9.59 Å². The highest BCUT2D eigenvalue weighted by molar-refractivity contribution is 5.97.